The van der Waals surface area contributed by atoms with Gasteiger partial charge >= 0.3 is 0 Å². The second kappa shape index (κ2) is 7.57. The molecule has 2 heterocycles. The number of carbonyl (C=O) groups is 2. The molecule has 8 heteroatoms. The molecule has 1 aliphatic rings. The van der Waals surface area contributed by atoms with E-state index in [0.717, 1.165) is 12.0 Å². The zero-order chi connectivity index (χ0) is 18.7. The van der Waals surface area contributed by atoms with Gasteiger partial charge in [-0.3, -0.25) is 14.3 Å². The van der Waals surface area contributed by atoms with Crippen molar-refractivity contribution in [2.45, 2.75) is 18.9 Å². The Morgan fingerprint density at radius 1 is 1.38 bits per heavy atom. The first-order chi connectivity index (χ1) is 12.5. The fourth-order valence-electron chi connectivity index (χ4n) is 3.13. The van der Waals surface area contributed by atoms with E-state index in [0.29, 0.717) is 30.1 Å². The summed E-state index contributed by atoms with van der Waals surface area (Å²) in [7, 11) is 5.09. The lowest BCUT2D eigenvalue weighted by atomic mass is 10.1. The minimum absolute atomic E-state index is 0.0650. The molecular weight excluding hydrogens is 334 g/mol. The highest BCUT2D eigenvalue weighted by atomic mass is 16.5. The van der Waals surface area contributed by atoms with Gasteiger partial charge in [0, 0.05) is 37.5 Å². The van der Waals surface area contributed by atoms with E-state index in [1.54, 1.807) is 61.4 Å². The number of hydrogen-bond acceptors (Lipinski definition) is 5. The molecule has 0 spiro atoms. The lowest BCUT2D eigenvalue weighted by Gasteiger charge is -2.21. The number of benzene rings is 1. The molecule has 0 saturated carbocycles. The molecule has 3 rings (SSSR count). The van der Waals surface area contributed by atoms with Crippen LogP contribution in [0.1, 0.15) is 24.4 Å². The molecule has 8 nitrogen and oxygen atoms in total. The molecule has 0 aliphatic carbocycles. The summed E-state index contributed by atoms with van der Waals surface area (Å²) in [5, 5.41) is 10.0. The Morgan fingerprint density at radius 3 is 2.77 bits per heavy atom. The van der Waals surface area contributed by atoms with Gasteiger partial charge in [-0.2, -0.15) is 5.10 Å². The second-order valence-corrected chi connectivity index (χ2v) is 6.19. The summed E-state index contributed by atoms with van der Waals surface area (Å²) >= 11 is 0. The molecule has 0 bridgehead atoms. The smallest absolute Gasteiger partial charge is 0.246 e. The highest BCUT2D eigenvalue weighted by Crippen LogP contribution is 2.34. The van der Waals surface area contributed by atoms with Crippen LogP contribution in [0.2, 0.25) is 0 Å². The Balaban J connectivity index is 1.82. The normalized spacial score (nSPS) is 15.2. The number of rotatable bonds is 6. The van der Waals surface area contributed by atoms with Crippen LogP contribution in [0, 0.1) is 0 Å². The van der Waals surface area contributed by atoms with Crippen molar-refractivity contribution in [1.82, 2.24) is 15.1 Å². The van der Waals surface area contributed by atoms with E-state index in [1.807, 2.05) is 0 Å². The fourth-order valence-corrected chi connectivity index (χ4v) is 3.13. The van der Waals surface area contributed by atoms with Gasteiger partial charge in [0.15, 0.2) is 0 Å². The number of amides is 2. The number of ether oxygens (including phenoxy) is 1. The van der Waals surface area contributed by atoms with Crippen LogP contribution in [0.15, 0.2) is 30.6 Å². The molecule has 26 heavy (non-hydrogen) atoms. The van der Waals surface area contributed by atoms with Gasteiger partial charge in [-0.25, -0.2) is 0 Å². The number of aryl methyl sites for hydroxylation is 1. The Kier molecular flexibility index (Phi) is 5.22. The van der Waals surface area contributed by atoms with Crippen LogP contribution in [0.3, 0.4) is 0 Å². The Morgan fingerprint density at radius 2 is 2.19 bits per heavy atom. The number of anilines is 2. The molecular formula is C18H23N5O3. The first-order valence-electron chi connectivity index (χ1n) is 8.48. The Labute approximate surface area is 152 Å². The molecule has 138 valence electrons. The topological polar surface area (TPSA) is 88.5 Å². The molecule has 1 fully saturated rings. The standard InChI is InChI=1S/C18H23N5O3/c1-19-17(12-10-20-22(2)11-12)18(25)21-13-6-7-15(26-3)14(9-13)23-8-4-5-16(23)24/h6-7,9-11,17,19H,4-5,8H2,1-3H3,(H,21,25). The highest BCUT2D eigenvalue weighted by molar-refractivity contribution is 5.99. The highest BCUT2D eigenvalue weighted by Gasteiger charge is 2.26. The van der Waals surface area contributed by atoms with Crippen LogP contribution in [0.4, 0.5) is 11.4 Å². The second-order valence-electron chi connectivity index (χ2n) is 6.19. The summed E-state index contributed by atoms with van der Waals surface area (Å²) in [6.07, 6.45) is 4.80. The minimum atomic E-state index is -0.525. The molecule has 2 amide bonds. The Bertz CT molecular complexity index is 817. The van der Waals surface area contributed by atoms with E-state index in [2.05, 4.69) is 15.7 Å². The van der Waals surface area contributed by atoms with Crippen LogP contribution in [-0.4, -0.2) is 42.3 Å². The molecule has 1 aromatic heterocycles. The van der Waals surface area contributed by atoms with Crippen molar-refractivity contribution in [2.75, 3.05) is 30.9 Å². The quantitative estimate of drug-likeness (QED) is 0.817. The van der Waals surface area contributed by atoms with Gasteiger partial charge in [-0.15, -0.1) is 0 Å². The van der Waals surface area contributed by atoms with Gasteiger partial charge in [0.1, 0.15) is 11.8 Å². The summed E-state index contributed by atoms with van der Waals surface area (Å²) < 4.78 is 7.03. The SMILES string of the molecule is CNC(C(=O)Nc1ccc(OC)c(N2CCCC2=O)c1)c1cnn(C)c1. The van der Waals surface area contributed by atoms with Gasteiger partial charge in [-0.05, 0) is 31.7 Å². The van der Waals surface area contributed by atoms with Crippen molar-refractivity contribution >= 4 is 23.2 Å². The van der Waals surface area contributed by atoms with Crippen molar-refractivity contribution in [3.63, 3.8) is 0 Å². The molecule has 2 aromatic rings. The van der Waals surface area contributed by atoms with Gasteiger partial charge in [0.2, 0.25) is 11.8 Å². The van der Waals surface area contributed by atoms with Crippen LogP contribution in [0.25, 0.3) is 0 Å². The molecule has 0 radical (unpaired) electrons. The third kappa shape index (κ3) is 3.55. The largest absolute Gasteiger partial charge is 0.495 e. The number of nitrogens with zero attached hydrogens (tertiary/aromatic N) is 3. The maximum absolute atomic E-state index is 12.7. The third-order valence-electron chi connectivity index (χ3n) is 4.42. The summed E-state index contributed by atoms with van der Waals surface area (Å²) in [5.74, 6) is 0.468. The number of likely N-dealkylation sites (N-methyl/N-ethyl adjacent to an activating group) is 1. The van der Waals surface area contributed by atoms with Crippen LogP contribution < -0.4 is 20.3 Å². The molecule has 1 atom stereocenters. The summed E-state index contributed by atoms with van der Waals surface area (Å²) in [5.41, 5.74) is 2.06. The summed E-state index contributed by atoms with van der Waals surface area (Å²) in [4.78, 5) is 26.5. The number of aromatic nitrogens is 2. The van der Waals surface area contributed by atoms with Crippen LogP contribution >= 0.6 is 0 Å². The van der Waals surface area contributed by atoms with Crippen molar-refractivity contribution < 1.29 is 14.3 Å². The van der Waals surface area contributed by atoms with Gasteiger partial charge in [0.05, 0.1) is 19.0 Å². The van der Waals surface area contributed by atoms with E-state index in [4.69, 9.17) is 4.74 Å². The minimum Gasteiger partial charge on any atom is -0.495 e. The maximum atomic E-state index is 12.7. The van der Waals surface area contributed by atoms with Gasteiger partial charge in [0.25, 0.3) is 0 Å². The van der Waals surface area contributed by atoms with Crippen molar-refractivity contribution in [1.29, 1.82) is 0 Å². The van der Waals surface area contributed by atoms with Crippen molar-refractivity contribution in [2.24, 2.45) is 7.05 Å². The van der Waals surface area contributed by atoms with E-state index < -0.39 is 6.04 Å². The average Bonchev–Trinajstić information content (AvgIpc) is 3.24. The first kappa shape index (κ1) is 17.9. The van der Waals surface area contributed by atoms with Gasteiger partial charge in [-0.1, -0.05) is 0 Å². The van der Waals surface area contributed by atoms with E-state index in [1.165, 1.54) is 0 Å². The third-order valence-corrected chi connectivity index (χ3v) is 4.42. The molecule has 1 unspecified atom stereocenters. The molecule has 1 saturated heterocycles. The van der Waals surface area contributed by atoms with Crippen molar-refractivity contribution in [3.8, 4) is 5.75 Å². The summed E-state index contributed by atoms with van der Waals surface area (Å²) in [6, 6.07) is 4.77. The predicted octanol–water partition coefficient (Wildman–Crippen LogP) is 1.45. The van der Waals surface area contributed by atoms with E-state index in [-0.39, 0.29) is 11.8 Å². The Hall–Kier alpha value is -2.87. The summed E-state index contributed by atoms with van der Waals surface area (Å²) in [6.45, 7) is 0.654. The van der Waals surface area contributed by atoms with Crippen LogP contribution in [-0.2, 0) is 16.6 Å². The zero-order valence-corrected chi connectivity index (χ0v) is 15.2. The lowest BCUT2D eigenvalue weighted by molar-refractivity contribution is -0.118. The number of nitrogens with one attached hydrogen (secondary N) is 2. The van der Waals surface area contributed by atoms with E-state index in [9.17, 15) is 9.59 Å². The van der Waals surface area contributed by atoms with Crippen LogP contribution in [0.5, 0.6) is 5.75 Å². The van der Waals surface area contributed by atoms with E-state index >= 15 is 0 Å². The van der Waals surface area contributed by atoms with Gasteiger partial charge < -0.3 is 20.3 Å². The molecule has 1 aromatic carbocycles. The number of carbonyl (C=O) groups excluding carboxylic acids is 2. The fraction of sp³-hybridized carbons (Fsp3) is 0.389. The molecule has 2 N–H and O–H groups in total. The number of methoxy groups -OCH3 is 1. The number of hydrogen-bond donors (Lipinski definition) is 2. The predicted molar refractivity (Wildman–Crippen MR) is 98.2 cm³/mol. The average molecular weight is 357 g/mol. The monoisotopic (exact) mass is 357 g/mol. The first-order valence-corrected chi connectivity index (χ1v) is 8.48. The van der Waals surface area contributed by atoms with Crippen molar-refractivity contribution in [3.05, 3.63) is 36.2 Å². The molecule has 1 aliphatic heterocycles. The zero-order valence-electron chi connectivity index (χ0n) is 15.2. The maximum Gasteiger partial charge on any atom is 0.246 e. The lowest BCUT2D eigenvalue weighted by Crippen LogP contribution is -2.30.